The second-order valence-corrected chi connectivity index (χ2v) is 12.7. The molecule has 0 unspecified atom stereocenters. The number of fused-ring (bicyclic) bond motifs is 2. The number of methoxy groups -OCH3 is 1. The minimum atomic E-state index is -0.243. The first-order valence-corrected chi connectivity index (χ1v) is 16.4. The molecule has 1 aromatic heterocycles. The van der Waals surface area contributed by atoms with E-state index in [9.17, 15) is 4.79 Å². The molecule has 1 saturated carbocycles. The molecule has 2 aromatic carbocycles. The molecule has 1 amide bonds. The number of rotatable bonds is 11. The minimum Gasteiger partial charge on any atom is -0.462 e. The van der Waals surface area contributed by atoms with Crippen LogP contribution in [0.2, 0.25) is 0 Å². The van der Waals surface area contributed by atoms with Crippen molar-refractivity contribution in [2.75, 3.05) is 69.9 Å². The Bertz CT molecular complexity index is 1610. The molecule has 2 aliphatic heterocycles. The highest BCUT2D eigenvalue weighted by molar-refractivity contribution is 5.97. The number of carbonyl (C=O) groups excluding carboxylic acids is 1. The largest absolute Gasteiger partial charge is 0.462 e. The lowest BCUT2D eigenvalue weighted by atomic mass is 9.91. The summed E-state index contributed by atoms with van der Waals surface area (Å²) in [5, 5.41) is 2.50. The van der Waals surface area contributed by atoms with Gasteiger partial charge < -0.3 is 29.0 Å². The first-order valence-electron chi connectivity index (χ1n) is 16.4. The third kappa shape index (κ3) is 6.39. The van der Waals surface area contributed by atoms with Crippen LogP contribution in [0, 0.1) is 13.5 Å². The Morgan fingerprint density at radius 1 is 1.15 bits per heavy atom. The Balaban J connectivity index is 1.33. The topological polar surface area (TPSA) is 78.6 Å². The summed E-state index contributed by atoms with van der Waals surface area (Å²) >= 11 is 0. The lowest BCUT2D eigenvalue weighted by Gasteiger charge is -2.41. The van der Waals surface area contributed by atoms with Gasteiger partial charge in [0.2, 0.25) is 12.5 Å². The second kappa shape index (κ2) is 14.1. The average molecular weight is 624 g/mol. The Morgan fingerprint density at radius 3 is 2.67 bits per heavy atom. The molecule has 0 spiro atoms. The van der Waals surface area contributed by atoms with Crippen LogP contribution in [-0.4, -0.2) is 104 Å². The van der Waals surface area contributed by atoms with Gasteiger partial charge in [0.15, 0.2) is 0 Å². The van der Waals surface area contributed by atoms with Crippen LogP contribution in [0.15, 0.2) is 49.1 Å². The van der Waals surface area contributed by atoms with E-state index < -0.39 is 0 Å². The Labute approximate surface area is 272 Å². The van der Waals surface area contributed by atoms with Crippen LogP contribution in [0.5, 0.6) is 6.01 Å². The number of aromatic nitrogens is 2. The van der Waals surface area contributed by atoms with Crippen molar-refractivity contribution in [3.63, 3.8) is 0 Å². The zero-order valence-electron chi connectivity index (χ0n) is 27.3. The van der Waals surface area contributed by atoms with Gasteiger partial charge in [0.05, 0.1) is 24.9 Å². The van der Waals surface area contributed by atoms with E-state index in [1.807, 2.05) is 0 Å². The summed E-state index contributed by atoms with van der Waals surface area (Å²) < 4.78 is 12.0. The van der Waals surface area contributed by atoms with Crippen molar-refractivity contribution < 1.29 is 14.3 Å². The van der Waals surface area contributed by atoms with Crippen molar-refractivity contribution in [2.45, 2.75) is 57.3 Å². The number of ether oxygens (including phenoxy) is 2. The normalized spacial score (nSPS) is 19.0. The average Bonchev–Trinajstić information content (AvgIpc) is 3.04. The summed E-state index contributed by atoms with van der Waals surface area (Å²) in [6.45, 7) is 17.7. The molecule has 10 nitrogen and oxygen atoms in total. The summed E-state index contributed by atoms with van der Waals surface area (Å²) in [5.41, 5.74) is 4.54. The monoisotopic (exact) mass is 623 g/mol. The minimum absolute atomic E-state index is 0.0880. The van der Waals surface area contributed by atoms with E-state index >= 15 is 0 Å². The third-order valence-electron chi connectivity index (χ3n) is 9.99. The first kappa shape index (κ1) is 31.8. The van der Waals surface area contributed by atoms with E-state index in [2.05, 4.69) is 76.5 Å². The number of aryl methyl sites for hydroxylation is 1. The number of carbonyl (C=O) groups is 1. The molecular formula is C36H45N7O3. The van der Waals surface area contributed by atoms with Gasteiger partial charge in [0.25, 0.3) is 0 Å². The molecule has 2 fully saturated rings. The lowest BCUT2D eigenvalue weighted by molar-refractivity contribution is -0.128. The van der Waals surface area contributed by atoms with E-state index in [4.69, 9.17) is 26.0 Å². The molecule has 10 heteroatoms. The van der Waals surface area contributed by atoms with Gasteiger partial charge in [0.1, 0.15) is 18.5 Å². The fraction of sp³-hybridized carbons (Fsp3) is 0.500. The molecule has 46 heavy (non-hydrogen) atoms. The highest BCUT2D eigenvalue weighted by Gasteiger charge is 2.35. The summed E-state index contributed by atoms with van der Waals surface area (Å²) in [5.74, 6) is 0.716. The van der Waals surface area contributed by atoms with Crippen LogP contribution in [0.4, 0.5) is 11.5 Å². The molecule has 3 aromatic rings. The number of nitrogens with zero attached hydrogens (tertiary/aromatic N) is 7. The standard InChI is InChI=1S/C36H45N7O3/c1-6-33(44)43-19-18-42(21-28(43)20-37-3)35-30-16-17-41(32-15-8-12-26-11-7-10-25(2)34(26)32)22-31(30)38-36(39-35)46-24-29(23-45-5)40(4)27-13-9-14-27/h6-8,10-12,15,27-29H,1,9,13-14,16-24H2,2,4-5H3/t28-,29+/m0/s1. The first-order chi connectivity index (χ1) is 22.4. The van der Waals surface area contributed by atoms with E-state index in [1.54, 1.807) is 12.0 Å². The van der Waals surface area contributed by atoms with Gasteiger partial charge in [-0.3, -0.25) is 9.69 Å². The zero-order chi connectivity index (χ0) is 32.2. The predicted molar refractivity (Wildman–Crippen MR) is 181 cm³/mol. The molecule has 3 aliphatic rings. The molecule has 0 bridgehead atoms. The molecule has 0 radical (unpaired) electrons. The maximum atomic E-state index is 12.6. The van der Waals surface area contributed by atoms with Gasteiger partial charge in [-0.2, -0.15) is 9.97 Å². The number of hydrogen-bond acceptors (Lipinski definition) is 8. The predicted octanol–water partition coefficient (Wildman–Crippen LogP) is 4.50. The summed E-state index contributed by atoms with van der Waals surface area (Å²) in [6, 6.07) is 13.7. The number of piperazine rings is 1. The van der Waals surface area contributed by atoms with Crippen molar-refractivity contribution >= 4 is 28.2 Å². The van der Waals surface area contributed by atoms with Crippen LogP contribution >= 0.6 is 0 Å². The smallest absolute Gasteiger partial charge is 0.318 e. The number of anilines is 2. The molecular weight excluding hydrogens is 578 g/mol. The lowest BCUT2D eigenvalue weighted by Crippen LogP contribution is -2.56. The Kier molecular flexibility index (Phi) is 9.71. The highest BCUT2D eigenvalue weighted by atomic mass is 16.5. The van der Waals surface area contributed by atoms with Crippen LogP contribution in [0.3, 0.4) is 0 Å². The molecule has 1 aliphatic carbocycles. The van der Waals surface area contributed by atoms with Gasteiger partial charge in [-0.05, 0) is 56.3 Å². The molecule has 0 N–H and O–H groups in total. The maximum absolute atomic E-state index is 12.6. The maximum Gasteiger partial charge on any atom is 0.318 e. The van der Waals surface area contributed by atoms with E-state index in [-0.39, 0.29) is 24.5 Å². The molecule has 3 heterocycles. The summed E-state index contributed by atoms with van der Waals surface area (Å²) in [6.07, 6.45) is 5.78. The van der Waals surface area contributed by atoms with Gasteiger partial charge in [0, 0.05) is 56.0 Å². The van der Waals surface area contributed by atoms with E-state index in [0.717, 1.165) is 30.0 Å². The quantitative estimate of drug-likeness (QED) is 0.228. The summed E-state index contributed by atoms with van der Waals surface area (Å²) in [4.78, 5) is 35.1. The molecule has 242 valence electrons. The number of amides is 1. The molecule has 6 rings (SSSR count). The van der Waals surface area contributed by atoms with Gasteiger partial charge >= 0.3 is 6.01 Å². The van der Waals surface area contributed by atoms with Gasteiger partial charge in [-0.25, -0.2) is 6.57 Å². The Hall–Kier alpha value is -4.20. The fourth-order valence-electron chi connectivity index (χ4n) is 7.14. The number of benzene rings is 2. The van der Waals surface area contributed by atoms with Gasteiger partial charge in [-0.15, -0.1) is 0 Å². The third-order valence-corrected chi connectivity index (χ3v) is 9.99. The van der Waals surface area contributed by atoms with Crippen molar-refractivity contribution in [2.24, 2.45) is 0 Å². The molecule has 1 saturated heterocycles. The number of likely N-dealkylation sites (N-methyl/N-ethyl adjacent to an activating group) is 1. The zero-order valence-corrected chi connectivity index (χ0v) is 27.3. The van der Waals surface area contributed by atoms with Crippen molar-refractivity contribution in [3.8, 4) is 6.01 Å². The van der Waals surface area contributed by atoms with E-state index in [0.29, 0.717) is 51.4 Å². The fourth-order valence-corrected chi connectivity index (χ4v) is 7.14. The van der Waals surface area contributed by atoms with E-state index in [1.165, 1.54) is 47.4 Å². The highest BCUT2D eigenvalue weighted by Crippen LogP contribution is 2.36. The SMILES string of the molecule is [C-]#[N+]C[C@H]1CN(c2nc(OC[C@@H](COC)N(C)C3CCC3)nc3c2CCN(c2cccc4cccc(C)c24)C3)CCN1C(=O)C=C. The van der Waals surface area contributed by atoms with Crippen LogP contribution in [0.25, 0.3) is 15.6 Å². The van der Waals surface area contributed by atoms with Crippen molar-refractivity contribution in [1.82, 2.24) is 19.8 Å². The van der Waals surface area contributed by atoms with Crippen LogP contribution in [0.1, 0.15) is 36.1 Å². The van der Waals surface area contributed by atoms with Crippen molar-refractivity contribution in [1.29, 1.82) is 0 Å². The summed E-state index contributed by atoms with van der Waals surface area (Å²) in [7, 11) is 3.89. The van der Waals surface area contributed by atoms with Crippen LogP contribution < -0.4 is 14.5 Å². The van der Waals surface area contributed by atoms with Crippen LogP contribution in [-0.2, 0) is 22.5 Å². The van der Waals surface area contributed by atoms with Crippen molar-refractivity contribution in [3.05, 3.63) is 77.3 Å². The molecule has 2 atom stereocenters. The van der Waals surface area contributed by atoms with Gasteiger partial charge in [-0.1, -0.05) is 43.3 Å². The Morgan fingerprint density at radius 2 is 1.96 bits per heavy atom. The second-order valence-electron chi connectivity index (χ2n) is 12.7. The number of hydrogen-bond donors (Lipinski definition) is 0.